The second kappa shape index (κ2) is 6.59. The van der Waals surface area contributed by atoms with Crippen molar-refractivity contribution in [2.24, 2.45) is 11.8 Å². The lowest BCUT2D eigenvalue weighted by atomic mass is 9.88. The first kappa shape index (κ1) is 16.8. The third kappa shape index (κ3) is 2.79. The summed E-state index contributed by atoms with van der Waals surface area (Å²) >= 11 is 0. The summed E-state index contributed by atoms with van der Waals surface area (Å²) in [5.74, 6) is 1.01. The summed E-state index contributed by atoms with van der Waals surface area (Å²) in [4.78, 5) is 17.4. The van der Waals surface area contributed by atoms with Gasteiger partial charge in [-0.15, -0.1) is 0 Å². The van der Waals surface area contributed by atoms with Crippen LogP contribution in [0.1, 0.15) is 33.1 Å². The molecule has 2 aliphatic rings. The van der Waals surface area contributed by atoms with Crippen LogP contribution in [0.5, 0.6) is 0 Å². The molecular formula is C22H23N3O. The fourth-order valence-electron chi connectivity index (χ4n) is 4.71. The molecule has 0 spiro atoms. The maximum Gasteiger partial charge on any atom is 0.253 e. The van der Waals surface area contributed by atoms with Crippen LogP contribution in [0.25, 0.3) is 0 Å². The van der Waals surface area contributed by atoms with Crippen molar-refractivity contribution in [1.82, 2.24) is 9.80 Å². The number of amides is 1. The highest BCUT2D eigenvalue weighted by molar-refractivity contribution is 5.94. The van der Waals surface area contributed by atoms with Crippen LogP contribution in [-0.4, -0.2) is 42.4 Å². The van der Waals surface area contributed by atoms with E-state index in [9.17, 15) is 4.79 Å². The van der Waals surface area contributed by atoms with Gasteiger partial charge in [0.25, 0.3) is 5.91 Å². The van der Waals surface area contributed by atoms with Gasteiger partial charge < -0.3 is 4.90 Å². The van der Waals surface area contributed by atoms with Gasteiger partial charge >= 0.3 is 0 Å². The van der Waals surface area contributed by atoms with Gasteiger partial charge in [0.1, 0.15) is 0 Å². The molecule has 0 aliphatic carbocycles. The number of hydrogen-bond donors (Lipinski definition) is 0. The smallest absolute Gasteiger partial charge is 0.253 e. The minimum Gasteiger partial charge on any atom is -0.338 e. The molecule has 3 atom stereocenters. The Kier molecular flexibility index (Phi) is 4.26. The van der Waals surface area contributed by atoms with E-state index in [0.29, 0.717) is 29.0 Å². The van der Waals surface area contributed by atoms with Gasteiger partial charge in [-0.25, -0.2) is 0 Å². The van der Waals surface area contributed by atoms with Gasteiger partial charge in [0, 0.05) is 37.2 Å². The molecule has 0 bridgehead atoms. The number of aryl methyl sites for hydroxylation is 1. The molecule has 0 unspecified atom stereocenters. The number of benzene rings is 2. The van der Waals surface area contributed by atoms with E-state index in [4.69, 9.17) is 5.26 Å². The molecule has 0 radical (unpaired) electrons. The van der Waals surface area contributed by atoms with Gasteiger partial charge in [0.15, 0.2) is 0 Å². The molecule has 2 heterocycles. The number of nitrogens with zero attached hydrogens (tertiary/aromatic N) is 3. The highest BCUT2D eigenvalue weighted by Crippen LogP contribution is 2.45. The Morgan fingerprint density at radius 3 is 2.69 bits per heavy atom. The van der Waals surface area contributed by atoms with Crippen molar-refractivity contribution < 1.29 is 4.79 Å². The second-order valence-electron chi connectivity index (χ2n) is 7.57. The molecule has 26 heavy (non-hydrogen) atoms. The zero-order valence-corrected chi connectivity index (χ0v) is 15.2. The van der Waals surface area contributed by atoms with E-state index < -0.39 is 0 Å². The van der Waals surface area contributed by atoms with Crippen LogP contribution >= 0.6 is 0 Å². The topological polar surface area (TPSA) is 47.3 Å². The van der Waals surface area contributed by atoms with Crippen molar-refractivity contribution >= 4 is 5.91 Å². The first-order chi connectivity index (χ1) is 12.6. The molecule has 0 aromatic heterocycles. The number of fused-ring (bicyclic) bond motifs is 1. The molecule has 0 saturated carbocycles. The molecule has 4 rings (SSSR count). The van der Waals surface area contributed by atoms with Gasteiger partial charge in [-0.2, -0.15) is 5.26 Å². The van der Waals surface area contributed by atoms with Crippen molar-refractivity contribution in [3.05, 3.63) is 70.8 Å². The molecule has 2 aromatic carbocycles. The van der Waals surface area contributed by atoms with E-state index in [2.05, 4.69) is 49.2 Å². The zero-order chi connectivity index (χ0) is 18.3. The van der Waals surface area contributed by atoms with E-state index in [1.54, 1.807) is 18.2 Å². The fraction of sp³-hybridized carbons (Fsp3) is 0.364. The summed E-state index contributed by atoms with van der Waals surface area (Å²) in [6, 6.07) is 18.1. The third-order valence-corrected chi connectivity index (χ3v) is 5.93. The number of rotatable bonds is 2. The summed E-state index contributed by atoms with van der Waals surface area (Å²) in [7, 11) is 2.19. The molecule has 0 N–H and O–H groups in total. The second-order valence-corrected chi connectivity index (χ2v) is 7.57. The molecule has 2 saturated heterocycles. The lowest BCUT2D eigenvalue weighted by Gasteiger charge is -2.28. The minimum atomic E-state index is 0.0442. The standard InChI is InChI=1S/C22H23N3O/c1-15-6-3-4-9-19(15)21-20-14-25(13-18(20)12-24(21)2)22(26)17-8-5-7-16(10-17)11-23/h3-10,18,20-21H,12-14H2,1-2H3/t18-,20+,21-/m0/s1. The van der Waals surface area contributed by atoms with Gasteiger partial charge in [-0.05, 0) is 49.2 Å². The number of carbonyl (C=O) groups excluding carboxylic acids is 1. The predicted octanol–water partition coefficient (Wildman–Crippen LogP) is 3.24. The Morgan fingerprint density at radius 2 is 1.92 bits per heavy atom. The van der Waals surface area contributed by atoms with Crippen LogP contribution in [0.3, 0.4) is 0 Å². The lowest BCUT2D eigenvalue weighted by Crippen LogP contribution is -2.33. The lowest BCUT2D eigenvalue weighted by molar-refractivity contribution is 0.0768. The number of carbonyl (C=O) groups is 1. The fourth-order valence-corrected chi connectivity index (χ4v) is 4.71. The predicted molar refractivity (Wildman–Crippen MR) is 101 cm³/mol. The molecule has 2 aromatic rings. The van der Waals surface area contributed by atoms with Crippen molar-refractivity contribution in [3.63, 3.8) is 0 Å². The highest BCUT2D eigenvalue weighted by Gasteiger charge is 2.47. The Morgan fingerprint density at radius 1 is 1.12 bits per heavy atom. The van der Waals surface area contributed by atoms with Crippen LogP contribution in [0.4, 0.5) is 0 Å². The van der Waals surface area contributed by atoms with Crippen molar-refractivity contribution in [2.45, 2.75) is 13.0 Å². The first-order valence-electron chi connectivity index (χ1n) is 9.13. The van der Waals surface area contributed by atoms with Crippen LogP contribution in [0, 0.1) is 30.1 Å². The summed E-state index contributed by atoms with van der Waals surface area (Å²) in [6.07, 6.45) is 0. The van der Waals surface area contributed by atoms with Crippen LogP contribution < -0.4 is 0 Å². The number of hydrogen-bond acceptors (Lipinski definition) is 3. The third-order valence-electron chi connectivity index (χ3n) is 5.93. The van der Waals surface area contributed by atoms with Gasteiger partial charge in [0.2, 0.25) is 0 Å². The van der Waals surface area contributed by atoms with E-state index >= 15 is 0 Å². The molecule has 132 valence electrons. The Labute approximate surface area is 154 Å². The largest absolute Gasteiger partial charge is 0.338 e. The number of likely N-dealkylation sites (tertiary alicyclic amines) is 2. The maximum atomic E-state index is 12.9. The Balaban J connectivity index is 1.57. The minimum absolute atomic E-state index is 0.0442. The van der Waals surface area contributed by atoms with Crippen molar-refractivity contribution in [2.75, 3.05) is 26.7 Å². The first-order valence-corrected chi connectivity index (χ1v) is 9.13. The summed E-state index contributed by atoms with van der Waals surface area (Å²) < 4.78 is 0. The summed E-state index contributed by atoms with van der Waals surface area (Å²) in [5.41, 5.74) is 3.84. The van der Waals surface area contributed by atoms with Crippen LogP contribution in [0.2, 0.25) is 0 Å². The van der Waals surface area contributed by atoms with Crippen LogP contribution in [0.15, 0.2) is 48.5 Å². The van der Waals surface area contributed by atoms with E-state index in [-0.39, 0.29) is 5.91 Å². The molecule has 1 amide bonds. The quantitative estimate of drug-likeness (QED) is 0.839. The average molecular weight is 345 g/mol. The van der Waals surface area contributed by atoms with Gasteiger partial charge in [-0.1, -0.05) is 30.3 Å². The SMILES string of the molecule is Cc1ccccc1[C@H]1[C@@H]2CN(C(=O)c3cccc(C#N)c3)C[C@@H]2CN1C. The number of nitriles is 1. The Bertz CT molecular complexity index is 885. The van der Waals surface area contributed by atoms with E-state index in [1.165, 1.54) is 11.1 Å². The average Bonchev–Trinajstić information content (AvgIpc) is 3.18. The highest BCUT2D eigenvalue weighted by atomic mass is 16.2. The molecule has 4 nitrogen and oxygen atoms in total. The van der Waals surface area contributed by atoms with Gasteiger partial charge in [-0.3, -0.25) is 9.69 Å². The molecule has 4 heteroatoms. The van der Waals surface area contributed by atoms with Crippen LogP contribution in [-0.2, 0) is 0 Å². The zero-order valence-electron chi connectivity index (χ0n) is 15.2. The molecular weight excluding hydrogens is 322 g/mol. The van der Waals surface area contributed by atoms with E-state index in [1.807, 2.05) is 11.0 Å². The van der Waals surface area contributed by atoms with Gasteiger partial charge in [0.05, 0.1) is 11.6 Å². The molecule has 2 aliphatic heterocycles. The summed E-state index contributed by atoms with van der Waals surface area (Å²) in [5, 5.41) is 9.08. The molecule has 2 fully saturated rings. The maximum absolute atomic E-state index is 12.9. The van der Waals surface area contributed by atoms with Crippen molar-refractivity contribution in [3.8, 4) is 6.07 Å². The normalized spacial score (nSPS) is 25.1. The van der Waals surface area contributed by atoms with Crippen molar-refractivity contribution in [1.29, 1.82) is 5.26 Å². The summed E-state index contributed by atoms with van der Waals surface area (Å²) in [6.45, 7) is 4.77. The monoisotopic (exact) mass is 345 g/mol. The van der Waals surface area contributed by atoms with E-state index in [0.717, 1.165) is 19.6 Å². The Hall–Kier alpha value is -2.64.